The molecule has 0 saturated heterocycles. The molecule has 0 radical (unpaired) electrons. The number of nitrogens with zero attached hydrogens (tertiary/aromatic N) is 1. The maximum absolute atomic E-state index is 10.4. The average molecular weight is 296 g/mol. The zero-order chi connectivity index (χ0) is 12.7. The number of ether oxygens (including phenoxy) is 1. The molecular weight excluding hydrogens is 286 g/mol. The zero-order valence-corrected chi connectivity index (χ0v) is 10.4. The van der Waals surface area contributed by atoms with E-state index in [1.54, 1.807) is 12.1 Å². The smallest absolute Gasteiger partial charge is 0.332 e. The van der Waals surface area contributed by atoms with Gasteiger partial charge in [-0.25, -0.2) is 10.2 Å². The summed E-state index contributed by atoms with van der Waals surface area (Å²) in [5, 5.41) is 3.65. The molecule has 5 nitrogen and oxygen atoms in total. The van der Waals surface area contributed by atoms with Crippen molar-refractivity contribution < 1.29 is 9.53 Å². The first-order valence-corrected chi connectivity index (χ1v) is 5.37. The molecule has 0 unspecified atom stereocenters. The van der Waals surface area contributed by atoms with E-state index in [2.05, 4.69) is 32.4 Å². The Bertz CT molecular complexity index is 480. The van der Waals surface area contributed by atoms with E-state index in [1.165, 1.54) is 6.21 Å². The summed E-state index contributed by atoms with van der Waals surface area (Å²) in [4.78, 5) is 10.4. The lowest BCUT2D eigenvalue weighted by Gasteiger charge is -2.06. The number of benzene rings is 1. The molecule has 3 N–H and O–H groups in total. The van der Waals surface area contributed by atoms with Crippen LogP contribution in [0.3, 0.4) is 0 Å². The summed E-state index contributed by atoms with van der Waals surface area (Å²) in [6.07, 6.45) is 6.52. The molecule has 0 aliphatic carbocycles. The Balaban J connectivity index is 2.87. The molecule has 6 heteroatoms. The van der Waals surface area contributed by atoms with E-state index in [0.29, 0.717) is 11.3 Å². The predicted octanol–water partition coefficient (Wildman–Crippen LogP) is 1.46. The van der Waals surface area contributed by atoms with Gasteiger partial charge in [-0.1, -0.05) is 21.9 Å². The van der Waals surface area contributed by atoms with Crippen LogP contribution in [0.4, 0.5) is 4.79 Å². The number of hydrogen-bond donors (Lipinski definition) is 2. The van der Waals surface area contributed by atoms with Crippen LogP contribution in [0.25, 0.3) is 0 Å². The second-order valence-electron chi connectivity index (χ2n) is 2.91. The third-order valence-electron chi connectivity index (χ3n) is 1.66. The zero-order valence-electron chi connectivity index (χ0n) is 8.81. The lowest BCUT2D eigenvalue weighted by atomic mass is 10.2. The second kappa shape index (κ2) is 6.55. The Morgan fingerprint density at radius 2 is 2.47 bits per heavy atom. The van der Waals surface area contributed by atoms with E-state index in [0.717, 1.165) is 4.47 Å². The number of urea groups is 1. The standard InChI is InChI=1S/C11H10BrN3O2/c1-2-5-17-10-4-3-9(12)6-8(10)7-14-15-11(13)16/h1,3-4,6-7H,5H2,(H3,13,15,16)/b14-7-. The van der Waals surface area contributed by atoms with Gasteiger partial charge in [-0.3, -0.25) is 0 Å². The van der Waals surface area contributed by atoms with Crippen LogP contribution in [0.5, 0.6) is 5.75 Å². The topological polar surface area (TPSA) is 76.7 Å². The van der Waals surface area contributed by atoms with Crippen LogP contribution >= 0.6 is 15.9 Å². The van der Waals surface area contributed by atoms with Gasteiger partial charge >= 0.3 is 6.03 Å². The highest BCUT2D eigenvalue weighted by molar-refractivity contribution is 9.10. The number of carbonyl (C=O) groups excluding carboxylic acids is 1. The molecule has 0 heterocycles. The van der Waals surface area contributed by atoms with Gasteiger partial charge in [0.15, 0.2) is 0 Å². The normalized spacial score (nSPS) is 9.88. The van der Waals surface area contributed by atoms with E-state index in [9.17, 15) is 4.79 Å². The van der Waals surface area contributed by atoms with Gasteiger partial charge in [-0.05, 0) is 18.2 Å². The van der Waals surface area contributed by atoms with Crippen LogP contribution in [0.2, 0.25) is 0 Å². The van der Waals surface area contributed by atoms with Gasteiger partial charge in [-0.2, -0.15) is 5.10 Å². The summed E-state index contributed by atoms with van der Waals surface area (Å²) in [6.45, 7) is 0.158. The van der Waals surface area contributed by atoms with E-state index in [1.807, 2.05) is 6.07 Å². The monoisotopic (exact) mass is 295 g/mol. The number of amides is 2. The Labute approximate surface area is 107 Å². The fourth-order valence-electron chi connectivity index (χ4n) is 1.04. The molecule has 0 atom stereocenters. The van der Waals surface area contributed by atoms with Gasteiger partial charge in [0.25, 0.3) is 0 Å². The summed E-state index contributed by atoms with van der Waals surface area (Å²) >= 11 is 3.32. The molecule has 0 saturated carbocycles. The molecule has 0 aromatic heterocycles. The first-order chi connectivity index (χ1) is 8.13. The van der Waals surface area contributed by atoms with E-state index < -0.39 is 6.03 Å². The molecule has 0 aliphatic heterocycles. The van der Waals surface area contributed by atoms with Crippen molar-refractivity contribution in [3.05, 3.63) is 28.2 Å². The number of rotatable bonds is 4. The average Bonchev–Trinajstić information content (AvgIpc) is 2.27. The Morgan fingerprint density at radius 3 is 3.12 bits per heavy atom. The lowest BCUT2D eigenvalue weighted by molar-refractivity contribution is 0.249. The van der Waals surface area contributed by atoms with Crippen LogP contribution in [0.1, 0.15) is 5.56 Å². The van der Waals surface area contributed by atoms with E-state index in [-0.39, 0.29) is 6.61 Å². The third-order valence-corrected chi connectivity index (χ3v) is 2.15. The molecule has 1 aromatic carbocycles. The second-order valence-corrected chi connectivity index (χ2v) is 3.82. The summed E-state index contributed by atoms with van der Waals surface area (Å²) < 4.78 is 6.16. The maximum atomic E-state index is 10.4. The SMILES string of the molecule is C#CCOc1ccc(Br)cc1/C=N\NC(N)=O. The number of terminal acetylenes is 1. The van der Waals surface area contributed by atoms with Gasteiger partial charge in [0, 0.05) is 10.0 Å². The number of hydrogen-bond acceptors (Lipinski definition) is 3. The fourth-order valence-corrected chi connectivity index (χ4v) is 1.42. The molecule has 1 rings (SSSR count). The summed E-state index contributed by atoms with van der Waals surface area (Å²) in [5.74, 6) is 2.93. The van der Waals surface area contributed by atoms with E-state index in [4.69, 9.17) is 16.9 Å². The molecule has 88 valence electrons. The molecule has 0 fully saturated rings. The number of halogens is 1. The van der Waals surface area contributed by atoms with Crippen LogP contribution in [0, 0.1) is 12.3 Å². The molecule has 0 bridgehead atoms. The van der Waals surface area contributed by atoms with Crippen molar-refractivity contribution in [2.75, 3.05) is 6.61 Å². The first kappa shape index (κ1) is 13.1. The minimum absolute atomic E-state index is 0.158. The fraction of sp³-hybridized carbons (Fsp3) is 0.0909. The molecule has 17 heavy (non-hydrogen) atoms. The van der Waals surface area contributed by atoms with Gasteiger partial charge in [-0.15, -0.1) is 6.42 Å². The van der Waals surface area contributed by atoms with Crippen molar-refractivity contribution in [1.29, 1.82) is 0 Å². The first-order valence-electron chi connectivity index (χ1n) is 4.58. The summed E-state index contributed by atoms with van der Waals surface area (Å²) in [6, 6.07) is 4.60. The highest BCUT2D eigenvalue weighted by Crippen LogP contribution is 2.21. The minimum Gasteiger partial charge on any atom is -0.480 e. The van der Waals surface area contributed by atoms with Crippen LogP contribution in [-0.2, 0) is 0 Å². The largest absolute Gasteiger partial charge is 0.480 e. The minimum atomic E-state index is -0.734. The van der Waals surface area contributed by atoms with Gasteiger partial charge < -0.3 is 10.5 Å². The van der Waals surface area contributed by atoms with E-state index >= 15 is 0 Å². The highest BCUT2D eigenvalue weighted by atomic mass is 79.9. The highest BCUT2D eigenvalue weighted by Gasteiger charge is 2.02. The van der Waals surface area contributed by atoms with Crippen LogP contribution < -0.4 is 15.9 Å². The van der Waals surface area contributed by atoms with Crippen molar-refractivity contribution in [3.63, 3.8) is 0 Å². The molecular formula is C11H10BrN3O2. The molecule has 0 spiro atoms. The van der Waals surface area contributed by atoms with Crippen molar-refractivity contribution >= 4 is 28.2 Å². The third kappa shape index (κ3) is 4.57. The van der Waals surface area contributed by atoms with Crippen molar-refractivity contribution in [1.82, 2.24) is 5.43 Å². The number of carbonyl (C=O) groups is 1. The van der Waals surface area contributed by atoms with Crippen LogP contribution in [0.15, 0.2) is 27.8 Å². The predicted molar refractivity (Wildman–Crippen MR) is 68.8 cm³/mol. The van der Waals surface area contributed by atoms with Gasteiger partial charge in [0.2, 0.25) is 0 Å². The molecule has 1 aromatic rings. The number of nitrogens with two attached hydrogens (primary N) is 1. The number of hydrazone groups is 1. The number of primary amides is 1. The maximum Gasteiger partial charge on any atom is 0.332 e. The summed E-state index contributed by atoms with van der Waals surface area (Å²) in [5.41, 5.74) is 7.64. The van der Waals surface area contributed by atoms with Crippen molar-refractivity contribution in [2.45, 2.75) is 0 Å². The Hall–Kier alpha value is -2.00. The van der Waals surface area contributed by atoms with Crippen molar-refractivity contribution in [3.8, 4) is 18.1 Å². The van der Waals surface area contributed by atoms with Crippen molar-refractivity contribution in [2.24, 2.45) is 10.8 Å². The Kier molecular flexibility index (Phi) is 5.04. The molecule has 2 amide bonds. The Morgan fingerprint density at radius 1 is 1.71 bits per heavy atom. The number of nitrogens with one attached hydrogen (secondary N) is 1. The van der Waals surface area contributed by atoms with Gasteiger partial charge in [0.05, 0.1) is 6.21 Å². The molecule has 0 aliphatic rings. The van der Waals surface area contributed by atoms with Gasteiger partial charge in [0.1, 0.15) is 12.4 Å². The summed E-state index contributed by atoms with van der Waals surface area (Å²) in [7, 11) is 0. The van der Waals surface area contributed by atoms with Crippen LogP contribution in [-0.4, -0.2) is 18.9 Å². The lowest BCUT2D eigenvalue weighted by Crippen LogP contribution is -2.24. The quantitative estimate of drug-likeness (QED) is 0.501.